The number of nitrogens with zero attached hydrogens (tertiary/aromatic N) is 2. The monoisotopic (exact) mass is 242 g/mol. The van der Waals surface area contributed by atoms with Crippen molar-refractivity contribution < 1.29 is 5.11 Å². The first kappa shape index (κ1) is 10.7. The van der Waals surface area contributed by atoms with Crippen molar-refractivity contribution in [1.82, 2.24) is 9.78 Å². The van der Waals surface area contributed by atoms with E-state index in [-0.39, 0.29) is 0 Å². The predicted octanol–water partition coefficient (Wildman–Crippen LogP) is 2.53. The molecule has 80 valence electrons. The standard InChI is InChI=1S/C10H11ClN2OS/c1-6-7(5-12-13(6)2)10(14)8-3-4-9(11)15-8/h3-5,10,14H,1-2H3. The zero-order chi connectivity index (χ0) is 11.0. The zero-order valence-corrected chi connectivity index (χ0v) is 10.0. The van der Waals surface area contributed by atoms with Crippen LogP contribution in [0.2, 0.25) is 4.34 Å². The second-order valence-corrected chi connectivity index (χ2v) is 5.10. The fraction of sp³-hybridized carbons (Fsp3) is 0.300. The molecule has 0 aromatic carbocycles. The van der Waals surface area contributed by atoms with Crippen molar-refractivity contribution in [1.29, 1.82) is 0 Å². The van der Waals surface area contributed by atoms with Crippen LogP contribution in [0.5, 0.6) is 0 Å². The van der Waals surface area contributed by atoms with Gasteiger partial charge < -0.3 is 5.11 Å². The van der Waals surface area contributed by atoms with Crippen molar-refractivity contribution in [3.63, 3.8) is 0 Å². The molecule has 0 aliphatic carbocycles. The fourth-order valence-electron chi connectivity index (χ4n) is 1.41. The summed E-state index contributed by atoms with van der Waals surface area (Å²) in [5, 5.41) is 14.2. The smallest absolute Gasteiger partial charge is 0.117 e. The van der Waals surface area contributed by atoms with Crippen LogP contribution in [0.15, 0.2) is 18.3 Å². The molecule has 0 saturated heterocycles. The van der Waals surface area contributed by atoms with Gasteiger partial charge in [0.2, 0.25) is 0 Å². The van der Waals surface area contributed by atoms with E-state index in [1.54, 1.807) is 16.9 Å². The summed E-state index contributed by atoms with van der Waals surface area (Å²) in [6, 6.07) is 3.63. The van der Waals surface area contributed by atoms with Gasteiger partial charge in [-0.2, -0.15) is 5.10 Å². The molecule has 1 unspecified atom stereocenters. The van der Waals surface area contributed by atoms with E-state index in [1.165, 1.54) is 11.3 Å². The highest BCUT2D eigenvalue weighted by Crippen LogP contribution is 2.31. The van der Waals surface area contributed by atoms with Gasteiger partial charge in [-0.05, 0) is 19.1 Å². The molecule has 2 aromatic rings. The van der Waals surface area contributed by atoms with Crippen LogP contribution in [-0.2, 0) is 7.05 Å². The van der Waals surface area contributed by atoms with E-state index < -0.39 is 6.10 Å². The van der Waals surface area contributed by atoms with Gasteiger partial charge in [-0.25, -0.2) is 0 Å². The van der Waals surface area contributed by atoms with E-state index in [0.717, 1.165) is 16.1 Å². The van der Waals surface area contributed by atoms with Crippen LogP contribution in [0, 0.1) is 6.92 Å². The second-order valence-electron chi connectivity index (χ2n) is 3.35. The summed E-state index contributed by atoms with van der Waals surface area (Å²) in [7, 11) is 1.85. The number of halogens is 1. The highest BCUT2D eigenvalue weighted by atomic mass is 35.5. The average molecular weight is 243 g/mol. The van der Waals surface area contributed by atoms with Gasteiger partial charge in [-0.15, -0.1) is 11.3 Å². The molecule has 0 spiro atoms. The Bertz CT molecular complexity index is 477. The molecule has 5 heteroatoms. The second kappa shape index (κ2) is 3.96. The van der Waals surface area contributed by atoms with Crippen molar-refractivity contribution in [3.8, 4) is 0 Å². The summed E-state index contributed by atoms with van der Waals surface area (Å²) in [5.74, 6) is 0. The quantitative estimate of drug-likeness (QED) is 0.879. The molecule has 1 atom stereocenters. The molecule has 0 amide bonds. The third kappa shape index (κ3) is 1.93. The molecule has 0 aliphatic rings. The van der Waals surface area contributed by atoms with Crippen LogP contribution in [0.4, 0.5) is 0 Å². The molecule has 2 heterocycles. The SMILES string of the molecule is Cc1c(C(O)c2ccc(Cl)s2)cnn1C. The molecule has 2 rings (SSSR count). The molecule has 0 saturated carbocycles. The van der Waals surface area contributed by atoms with E-state index in [0.29, 0.717) is 4.34 Å². The van der Waals surface area contributed by atoms with Crippen LogP contribution < -0.4 is 0 Å². The van der Waals surface area contributed by atoms with E-state index in [1.807, 2.05) is 20.0 Å². The van der Waals surface area contributed by atoms with Crippen molar-refractivity contribution in [2.45, 2.75) is 13.0 Å². The van der Waals surface area contributed by atoms with Gasteiger partial charge in [-0.1, -0.05) is 11.6 Å². The Balaban J connectivity index is 2.36. The van der Waals surface area contributed by atoms with Crippen molar-refractivity contribution in [3.05, 3.63) is 38.8 Å². The largest absolute Gasteiger partial charge is 0.383 e. The van der Waals surface area contributed by atoms with Gasteiger partial charge >= 0.3 is 0 Å². The Morgan fingerprint density at radius 2 is 2.27 bits per heavy atom. The van der Waals surface area contributed by atoms with Crippen molar-refractivity contribution in [2.75, 3.05) is 0 Å². The van der Waals surface area contributed by atoms with E-state index >= 15 is 0 Å². The first-order chi connectivity index (χ1) is 7.09. The van der Waals surface area contributed by atoms with E-state index in [2.05, 4.69) is 5.10 Å². The fourth-order valence-corrected chi connectivity index (χ4v) is 2.48. The van der Waals surface area contributed by atoms with Gasteiger partial charge in [0.05, 0.1) is 10.5 Å². The number of aliphatic hydroxyl groups excluding tert-OH is 1. The maximum absolute atomic E-state index is 10.1. The maximum Gasteiger partial charge on any atom is 0.117 e. The van der Waals surface area contributed by atoms with Gasteiger partial charge in [0.15, 0.2) is 0 Å². The first-order valence-corrected chi connectivity index (χ1v) is 5.71. The molecule has 15 heavy (non-hydrogen) atoms. The Hall–Kier alpha value is -0.840. The van der Waals surface area contributed by atoms with E-state index in [4.69, 9.17) is 11.6 Å². The summed E-state index contributed by atoms with van der Waals surface area (Å²) < 4.78 is 2.43. The molecule has 0 aliphatic heterocycles. The summed E-state index contributed by atoms with van der Waals surface area (Å²) >= 11 is 7.21. The minimum absolute atomic E-state index is 0.629. The third-order valence-electron chi connectivity index (χ3n) is 2.43. The number of thiophene rings is 1. The lowest BCUT2D eigenvalue weighted by molar-refractivity contribution is 0.223. The van der Waals surface area contributed by atoms with Crippen LogP contribution >= 0.6 is 22.9 Å². The van der Waals surface area contributed by atoms with Gasteiger partial charge in [0, 0.05) is 23.2 Å². The Morgan fingerprint density at radius 1 is 1.53 bits per heavy atom. The predicted molar refractivity (Wildman–Crippen MR) is 61.3 cm³/mol. The maximum atomic E-state index is 10.1. The molecule has 2 aromatic heterocycles. The summed E-state index contributed by atoms with van der Waals surface area (Å²) in [6.45, 7) is 1.93. The average Bonchev–Trinajstić information content (AvgIpc) is 2.75. The molecule has 0 radical (unpaired) electrons. The Labute approximate surface area is 96.9 Å². The summed E-state index contributed by atoms with van der Waals surface area (Å²) in [5.41, 5.74) is 1.79. The third-order valence-corrected chi connectivity index (χ3v) is 3.71. The Kier molecular flexibility index (Phi) is 2.82. The molecular formula is C10H11ClN2OS. The highest BCUT2D eigenvalue weighted by Gasteiger charge is 2.17. The van der Waals surface area contributed by atoms with Gasteiger partial charge in [0.1, 0.15) is 6.10 Å². The van der Waals surface area contributed by atoms with Crippen molar-refractivity contribution in [2.24, 2.45) is 7.05 Å². The van der Waals surface area contributed by atoms with Crippen LogP contribution in [-0.4, -0.2) is 14.9 Å². The molecule has 3 nitrogen and oxygen atoms in total. The van der Waals surface area contributed by atoms with Crippen LogP contribution in [0.25, 0.3) is 0 Å². The summed E-state index contributed by atoms with van der Waals surface area (Å²) in [4.78, 5) is 0.844. The Morgan fingerprint density at radius 3 is 2.73 bits per heavy atom. The van der Waals surface area contributed by atoms with Gasteiger partial charge in [-0.3, -0.25) is 4.68 Å². The van der Waals surface area contributed by atoms with Crippen LogP contribution in [0.3, 0.4) is 0 Å². The van der Waals surface area contributed by atoms with E-state index in [9.17, 15) is 5.11 Å². The number of aromatic nitrogens is 2. The number of aryl methyl sites for hydroxylation is 1. The minimum atomic E-state index is -0.629. The van der Waals surface area contributed by atoms with Crippen LogP contribution in [0.1, 0.15) is 22.2 Å². The summed E-state index contributed by atoms with van der Waals surface area (Å²) in [6.07, 6.45) is 1.06. The molecular weight excluding hydrogens is 232 g/mol. The number of hydrogen-bond acceptors (Lipinski definition) is 3. The zero-order valence-electron chi connectivity index (χ0n) is 8.44. The first-order valence-electron chi connectivity index (χ1n) is 4.51. The lowest BCUT2D eigenvalue weighted by atomic mass is 10.1. The highest BCUT2D eigenvalue weighted by molar-refractivity contribution is 7.16. The minimum Gasteiger partial charge on any atom is -0.383 e. The number of rotatable bonds is 2. The molecule has 1 N–H and O–H groups in total. The van der Waals surface area contributed by atoms with Crippen molar-refractivity contribution >= 4 is 22.9 Å². The normalized spacial score (nSPS) is 13.1. The molecule has 0 bridgehead atoms. The number of hydrogen-bond donors (Lipinski definition) is 1. The molecule has 0 fully saturated rings. The topological polar surface area (TPSA) is 38.1 Å². The number of aliphatic hydroxyl groups is 1. The van der Waals surface area contributed by atoms with Gasteiger partial charge in [0.25, 0.3) is 0 Å². The lowest BCUT2D eigenvalue weighted by Crippen LogP contribution is -2.00. The lowest BCUT2D eigenvalue weighted by Gasteiger charge is -2.07.